The highest BCUT2D eigenvalue weighted by Crippen LogP contribution is 2.34. The molecule has 23 heteroatoms. The lowest BCUT2D eigenvalue weighted by molar-refractivity contribution is -0.144. The highest BCUT2D eigenvalue weighted by Gasteiger charge is 2.46. The van der Waals surface area contributed by atoms with Crippen molar-refractivity contribution in [1.29, 1.82) is 0 Å². The minimum absolute atomic E-state index is 0.0332. The number of hydrogen-bond donors (Lipinski definition) is 6. The SMILES string of the molecule is CN[C@@H](C)C(=O)N[C@H]1CCCC[C@H]2CC[C@@H](C(=O)NC(P)c3cn(CCOCCCCOCCn4cc([C@@H](NC(=O)[C@@H]5CC[C@@H]6CCCC[C@H](NC(=O)[C@H](C)NC)C(=O)N65)c5ccccc5)nn4)nn3)N2C1=O. The Hall–Kier alpha value is -5.41. The number of ether oxygens (including phenoxy) is 2. The molecule has 1 aromatic carbocycles. The monoisotopic (exact) mass is 1030 g/mol. The number of carbonyl (C=O) groups excluding carboxylic acids is 6. The van der Waals surface area contributed by atoms with Gasteiger partial charge in [-0.3, -0.25) is 28.8 Å². The number of nitrogens with one attached hydrogen (secondary N) is 6. The van der Waals surface area contributed by atoms with Gasteiger partial charge in [-0.1, -0.05) is 66.4 Å². The topological polar surface area (TPSA) is 261 Å². The molecule has 6 N–H and O–H groups in total. The van der Waals surface area contributed by atoms with Gasteiger partial charge in [0.2, 0.25) is 35.4 Å². The molecule has 0 saturated carbocycles. The molecule has 2 aromatic heterocycles. The molecular weight excluding hydrogens is 956 g/mol. The van der Waals surface area contributed by atoms with Gasteiger partial charge in [-0.2, -0.15) is 0 Å². The van der Waals surface area contributed by atoms with Crippen LogP contribution < -0.4 is 31.9 Å². The van der Waals surface area contributed by atoms with Gasteiger partial charge in [0, 0.05) is 25.3 Å². The average molecular weight is 1030 g/mol. The van der Waals surface area contributed by atoms with Gasteiger partial charge in [-0.05, 0) is 97.7 Å². The van der Waals surface area contributed by atoms with Gasteiger partial charge in [-0.25, -0.2) is 9.36 Å². The normalized spacial score (nSPS) is 24.0. The number of unbranched alkanes of at least 4 members (excludes halogenated alkanes) is 1. The lowest BCUT2D eigenvalue weighted by atomic mass is 9.98. The van der Waals surface area contributed by atoms with E-state index in [9.17, 15) is 28.8 Å². The third-order valence-electron chi connectivity index (χ3n) is 14.8. The predicted octanol–water partition coefficient (Wildman–Crippen LogP) is 1.63. The molecular formula is C50H77N14O8P. The minimum atomic E-state index is -0.685. The van der Waals surface area contributed by atoms with Crippen molar-refractivity contribution < 1.29 is 38.2 Å². The van der Waals surface area contributed by atoms with Crippen LogP contribution >= 0.6 is 9.24 Å². The van der Waals surface area contributed by atoms with E-state index in [2.05, 4.69) is 61.8 Å². The summed E-state index contributed by atoms with van der Waals surface area (Å²) < 4.78 is 15.2. The Bertz CT molecular complexity index is 2300. The van der Waals surface area contributed by atoms with Gasteiger partial charge in [0.1, 0.15) is 35.6 Å². The number of carbonyl (C=O) groups is 6. The minimum Gasteiger partial charge on any atom is -0.380 e. The summed E-state index contributed by atoms with van der Waals surface area (Å²) in [4.78, 5) is 84.5. The molecule has 0 aliphatic carbocycles. The maximum atomic E-state index is 14.2. The van der Waals surface area contributed by atoms with E-state index in [-0.39, 0.29) is 47.5 Å². The van der Waals surface area contributed by atoms with E-state index in [1.807, 2.05) is 36.5 Å². The fourth-order valence-corrected chi connectivity index (χ4v) is 10.6. The van der Waals surface area contributed by atoms with Crippen LogP contribution in [0.4, 0.5) is 0 Å². The molecule has 73 heavy (non-hydrogen) atoms. The zero-order chi connectivity index (χ0) is 51.9. The molecule has 4 fully saturated rings. The van der Waals surface area contributed by atoms with Gasteiger partial charge in [-0.15, -0.1) is 19.4 Å². The molecule has 0 bridgehead atoms. The number of aromatic nitrogens is 6. The van der Waals surface area contributed by atoms with E-state index in [1.165, 1.54) is 0 Å². The van der Waals surface area contributed by atoms with Crippen molar-refractivity contribution in [2.24, 2.45) is 0 Å². The molecule has 0 spiro atoms. The smallest absolute Gasteiger partial charge is 0.246 e. The number of nitrogens with zero attached hydrogens (tertiary/aromatic N) is 8. The van der Waals surface area contributed by atoms with E-state index in [4.69, 9.17) is 9.47 Å². The Kier molecular flexibility index (Phi) is 20.6. The van der Waals surface area contributed by atoms with E-state index in [0.717, 1.165) is 69.8 Å². The number of benzene rings is 1. The van der Waals surface area contributed by atoms with E-state index < -0.39 is 48.1 Å². The van der Waals surface area contributed by atoms with Crippen LogP contribution in [0.1, 0.15) is 133 Å². The molecule has 4 aliphatic rings. The lowest BCUT2D eigenvalue weighted by Gasteiger charge is -2.36. The molecule has 6 heterocycles. The molecule has 2 unspecified atom stereocenters. The van der Waals surface area contributed by atoms with E-state index in [1.54, 1.807) is 53.3 Å². The van der Waals surface area contributed by atoms with Crippen LogP contribution in [0.5, 0.6) is 0 Å². The number of hydrogen-bond acceptors (Lipinski definition) is 14. The summed E-state index contributed by atoms with van der Waals surface area (Å²) in [6.07, 6.45) is 14.0. The van der Waals surface area contributed by atoms with Crippen LogP contribution in [0.25, 0.3) is 0 Å². The summed E-state index contributed by atoms with van der Waals surface area (Å²) in [5.41, 5.74) is 1.97. The second-order valence-electron chi connectivity index (χ2n) is 19.8. The van der Waals surface area contributed by atoms with Crippen molar-refractivity contribution in [3.05, 3.63) is 59.7 Å². The third-order valence-corrected chi connectivity index (χ3v) is 15.3. The summed E-state index contributed by atoms with van der Waals surface area (Å²) in [5, 5.41) is 35.2. The maximum absolute atomic E-state index is 14.2. The first kappa shape index (κ1) is 55.3. The fraction of sp³-hybridized carbons (Fsp3) is 0.680. The summed E-state index contributed by atoms with van der Waals surface area (Å²) in [6, 6.07) is 5.36. The second kappa shape index (κ2) is 27.2. The van der Waals surface area contributed by atoms with Gasteiger partial charge in [0.05, 0.1) is 62.6 Å². The van der Waals surface area contributed by atoms with Crippen LogP contribution in [0.2, 0.25) is 0 Å². The maximum Gasteiger partial charge on any atom is 0.246 e. The van der Waals surface area contributed by atoms with Crippen molar-refractivity contribution >= 4 is 44.7 Å². The number of amides is 6. The molecule has 7 rings (SSSR count). The van der Waals surface area contributed by atoms with E-state index in [0.29, 0.717) is 76.6 Å². The standard InChI is InChI=1S/C50H77N14O8P/c1-32(51-3)44(65)53-37-18-10-8-16-35-20-22-41(63(35)49(37)69)46(67)55-43(34-14-6-5-7-15-34)39-30-61(59-57-39)24-28-71-26-12-13-27-72-29-25-62-31-40(58-60-62)48(73)56-47(68)42-23-21-36-17-9-11-19-38(50(70)64(36)42)54-45(66)33(2)52-4/h5-7,14-15,30-33,35-38,41-43,48,51-52H,8-13,16-29,73H2,1-4H3,(H,53,65)(H,54,66)(H,55,67)(H,56,68)/t32-,33-,35-,36-,37-,38-,41-,42-,43-,48?/m0/s1. The molecule has 22 nitrogen and oxygen atoms in total. The Balaban J connectivity index is 0.803. The van der Waals surface area contributed by atoms with Crippen molar-refractivity contribution in [2.45, 2.75) is 177 Å². The Morgan fingerprint density at radius 2 is 1.10 bits per heavy atom. The summed E-state index contributed by atoms with van der Waals surface area (Å²) in [5.74, 6) is -1.91. The van der Waals surface area contributed by atoms with Crippen LogP contribution in [0.15, 0.2) is 42.7 Å². The van der Waals surface area contributed by atoms with Crippen molar-refractivity contribution in [2.75, 3.05) is 40.5 Å². The Labute approximate surface area is 430 Å². The molecule has 4 aliphatic heterocycles. The first-order valence-electron chi connectivity index (χ1n) is 26.3. The van der Waals surface area contributed by atoms with Crippen LogP contribution in [0, 0.1) is 0 Å². The van der Waals surface area contributed by atoms with Gasteiger partial charge >= 0.3 is 0 Å². The van der Waals surface area contributed by atoms with Gasteiger partial charge in [0.15, 0.2) is 0 Å². The summed E-state index contributed by atoms with van der Waals surface area (Å²) in [6.45, 7) is 6.36. The van der Waals surface area contributed by atoms with Gasteiger partial charge < -0.3 is 51.2 Å². The molecule has 0 radical (unpaired) electrons. The first-order chi connectivity index (χ1) is 35.4. The summed E-state index contributed by atoms with van der Waals surface area (Å²) in [7, 11) is 6.00. The number of likely N-dealkylation sites (N-methyl/N-ethyl adjacent to an activating group) is 2. The largest absolute Gasteiger partial charge is 0.380 e. The molecule has 11 atom stereocenters. The first-order valence-corrected chi connectivity index (χ1v) is 27.0. The molecule has 6 amide bonds. The predicted molar refractivity (Wildman–Crippen MR) is 273 cm³/mol. The Morgan fingerprint density at radius 1 is 0.630 bits per heavy atom. The number of fused-ring (bicyclic) bond motifs is 2. The Morgan fingerprint density at radius 3 is 1.60 bits per heavy atom. The van der Waals surface area contributed by atoms with Crippen LogP contribution in [-0.4, -0.2) is 164 Å². The highest BCUT2D eigenvalue weighted by molar-refractivity contribution is 7.17. The quantitative estimate of drug-likeness (QED) is 0.0551. The summed E-state index contributed by atoms with van der Waals surface area (Å²) >= 11 is 0. The molecule has 3 aromatic rings. The van der Waals surface area contributed by atoms with Crippen LogP contribution in [-0.2, 0) is 51.3 Å². The molecule has 400 valence electrons. The third kappa shape index (κ3) is 14.7. The van der Waals surface area contributed by atoms with Crippen molar-refractivity contribution in [3.8, 4) is 0 Å². The number of rotatable bonds is 24. The van der Waals surface area contributed by atoms with E-state index >= 15 is 0 Å². The lowest BCUT2D eigenvalue weighted by Crippen LogP contribution is -2.58. The zero-order valence-corrected chi connectivity index (χ0v) is 44.0. The van der Waals surface area contributed by atoms with Gasteiger partial charge in [0.25, 0.3) is 0 Å². The zero-order valence-electron chi connectivity index (χ0n) is 42.9. The fourth-order valence-electron chi connectivity index (χ4n) is 10.3. The van der Waals surface area contributed by atoms with Crippen molar-refractivity contribution in [1.82, 2.24) is 71.7 Å². The second-order valence-corrected chi connectivity index (χ2v) is 20.4. The van der Waals surface area contributed by atoms with Crippen LogP contribution in [0.3, 0.4) is 0 Å². The van der Waals surface area contributed by atoms with Crippen molar-refractivity contribution in [3.63, 3.8) is 0 Å². The average Bonchev–Trinajstić information content (AvgIpc) is 4.23. The molecule has 4 saturated heterocycles. The highest BCUT2D eigenvalue weighted by atomic mass is 31.0.